The molecule has 2 unspecified atom stereocenters. The van der Waals surface area contributed by atoms with E-state index in [1.54, 1.807) is 0 Å². The zero-order chi connectivity index (χ0) is 12.4. The predicted molar refractivity (Wildman–Crippen MR) is 77.9 cm³/mol. The van der Waals surface area contributed by atoms with Crippen LogP contribution in [0.1, 0.15) is 43.5 Å². The molecule has 0 N–H and O–H groups in total. The molecule has 0 amide bonds. The van der Waals surface area contributed by atoms with Crippen LogP contribution in [0.25, 0.3) is 11.3 Å². The number of hydrogen-bond acceptors (Lipinski definition) is 2. The molecule has 94 valence electrons. The summed E-state index contributed by atoms with van der Waals surface area (Å²) in [5, 5.41) is 3.56. The van der Waals surface area contributed by atoms with E-state index in [1.165, 1.54) is 36.3 Å². The summed E-state index contributed by atoms with van der Waals surface area (Å²) in [6.45, 7) is 2.37. The Labute approximate surface area is 113 Å². The fourth-order valence-electron chi connectivity index (χ4n) is 2.88. The van der Waals surface area contributed by atoms with Crippen LogP contribution in [0.4, 0.5) is 0 Å². The van der Waals surface area contributed by atoms with Gasteiger partial charge >= 0.3 is 0 Å². The van der Waals surface area contributed by atoms with Crippen molar-refractivity contribution in [3.63, 3.8) is 0 Å². The molecule has 18 heavy (non-hydrogen) atoms. The first-order valence-electron chi connectivity index (χ1n) is 6.84. The number of hydrogen-bond donors (Lipinski definition) is 0. The van der Waals surface area contributed by atoms with E-state index in [0.29, 0.717) is 5.92 Å². The van der Waals surface area contributed by atoms with Crippen molar-refractivity contribution in [2.75, 3.05) is 0 Å². The van der Waals surface area contributed by atoms with Gasteiger partial charge in [0.05, 0.1) is 10.7 Å². The summed E-state index contributed by atoms with van der Waals surface area (Å²) in [6, 6.07) is 10.5. The van der Waals surface area contributed by atoms with Crippen LogP contribution in [0, 0.1) is 5.92 Å². The second-order valence-electron chi connectivity index (χ2n) is 5.41. The highest BCUT2D eigenvalue weighted by atomic mass is 32.1. The lowest BCUT2D eigenvalue weighted by Gasteiger charge is -2.24. The van der Waals surface area contributed by atoms with E-state index >= 15 is 0 Å². The van der Waals surface area contributed by atoms with E-state index < -0.39 is 0 Å². The Morgan fingerprint density at radius 2 is 2.00 bits per heavy atom. The first-order chi connectivity index (χ1) is 8.83. The van der Waals surface area contributed by atoms with Crippen molar-refractivity contribution in [3.8, 4) is 11.3 Å². The first kappa shape index (κ1) is 11.9. The van der Waals surface area contributed by atoms with E-state index in [9.17, 15) is 0 Å². The van der Waals surface area contributed by atoms with Gasteiger partial charge in [0.2, 0.25) is 0 Å². The minimum absolute atomic E-state index is 0.705. The van der Waals surface area contributed by atoms with Gasteiger partial charge in [0, 0.05) is 16.9 Å². The summed E-state index contributed by atoms with van der Waals surface area (Å²) >= 11 is 1.84. The fraction of sp³-hybridized carbons (Fsp3) is 0.438. The van der Waals surface area contributed by atoms with Crippen LogP contribution in [0.2, 0.25) is 0 Å². The first-order valence-corrected chi connectivity index (χ1v) is 7.72. The average molecular weight is 257 g/mol. The second-order valence-corrected chi connectivity index (χ2v) is 6.30. The van der Waals surface area contributed by atoms with Gasteiger partial charge in [0.1, 0.15) is 0 Å². The van der Waals surface area contributed by atoms with Crippen molar-refractivity contribution in [1.29, 1.82) is 0 Å². The van der Waals surface area contributed by atoms with Crippen LogP contribution in [0.15, 0.2) is 35.7 Å². The summed E-state index contributed by atoms with van der Waals surface area (Å²) < 4.78 is 0. The molecular formula is C16H19NS. The molecule has 0 saturated heterocycles. The molecular weight excluding hydrogens is 238 g/mol. The molecule has 2 aromatic rings. The number of thiazole rings is 1. The van der Waals surface area contributed by atoms with Gasteiger partial charge in [-0.3, -0.25) is 0 Å². The highest BCUT2D eigenvalue weighted by Gasteiger charge is 2.22. The Balaban J connectivity index is 1.81. The van der Waals surface area contributed by atoms with Crippen LogP contribution < -0.4 is 0 Å². The van der Waals surface area contributed by atoms with Gasteiger partial charge in [0.25, 0.3) is 0 Å². The Morgan fingerprint density at radius 3 is 2.78 bits per heavy atom. The van der Waals surface area contributed by atoms with Crippen molar-refractivity contribution in [2.45, 2.75) is 38.5 Å². The van der Waals surface area contributed by atoms with Crippen molar-refractivity contribution >= 4 is 11.3 Å². The van der Waals surface area contributed by atoms with Crippen molar-refractivity contribution < 1.29 is 0 Å². The standard InChI is InChI=1S/C16H19NS/c1-12-6-5-9-14(10-12)16-17-15(11-18-16)13-7-3-2-4-8-13/h2-4,7-8,11-12,14H,5-6,9-10H2,1H3. The molecule has 0 spiro atoms. The average Bonchev–Trinajstić information content (AvgIpc) is 2.89. The maximum Gasteiger partial charge on any atom is 0.0963 e. The molecule has 1 nitrogen and oxygen atoms in total. The molecule has 1 aliphatic rings. The number of rotatable bonds is 2. The largest absolute Gasteiger partial charge is 0.241 e. The van der Waals surface area contributed by atoms with Gasteiger partial charge in [-0.05, 0) is 18.8 Å². The minimum atomic E-state index is 0.705. The third-order valence-electron chi connectivity index (χ3n) is 3.88. The molecule has 0 radical (unpaired) electrons. The van der Waals surface area contributed by atoms with Gasteiger partial charge in [0.15, 0.2) is 0 Å². The van der Waals surface area contributed by atoms with Gasteiger partial charge in [-0.15, -0.1) is 11.3 Å². The van der Waals surface area contributed by atoms with Gasteiger partial charge in [-0.2, -0.15) is 0 Å². The number of nitrogens with zero attached hydrogens (tertiary/aromatic N) is 1. The predicted octanol–water partition coefficient (Wildman–Crippen LogP) is 5.10. The topological polar surface area (TPSA) is 12.9 Å². The SMILES string of the molecule is CC1CCCC(c2nc(-c3ccccc3)cs2)C1. The van der Waals surface area contributed by atoms with E-state index in [-0.39, 0.29) is 0 Å². The second kappa shape index (κ2) is 5.23. The lowest BCUT2D eigenvalue weighted by Crippen LogP contribution is -2.11. The molecule has 1 heterocycles. The normalized spacial score (nSPS) is 24.1. The molecule has 0 aliphatic heterocycles. The van der Waals surface area contributed by atoms with E-state index in [2.05, 4.69) is 42.6 Å². The third-order valence-corrected chi connectivity index (χ3v) is 4.88. The molecule has 2 atom stereocenters. The fourth-order valence-corrected chi connectivity index (χ4v) is 3.85. The van der Waals surface area contributed by atoms with Crippen molar-refractivity contribution in [2.24, 2.45) is 5.92 Å². The number of benzene rings is 1. The van der Waals surface area contributed by atoms with Crippen LogP contribution in [-0.2, 0) is 0 Å². The quantitative estimate of drug-likeness (QED) is 0.729. The summed E-state index contributed by atoms with van der Waals surface area (Å²) in [4.78, 5) is 4.86. The van der Waals surface area contributed by atoms with E-state index in [1.807, 2.05) is 11.3 Å². The Kier molecular flexibility index (Phi) is 3.46. The zero-order valence-corrected chi connectivity index (χ0v) is 11.6. The van der Waals surface area contributed by atoms with Crippen LogP contribution >= 0.6 is 11.3 Å². The molecule has 1 aromatic heterocycles. The third kappa shape index (κ3) is 2.49. The Bertz CT molecular complexity index is 503. The molecule has 0 bridgehead atoms. The lowest BCUT2D eigenvalue weighted by molar-refractivity contribution is 0.343. The highest BCUT2D eigenvalue weighted by Crippen LogP contribution is 2.38. The van der Waals surface area contributed by atoms with Gasteiger partial charge in [-0.1, -0.05) is 50.1 Å². The molecule has 2 heteroatoms. The van der Waals surface area contributed by atoms with Crippen molar-refractivity contribution in [3.05, 3.63) is 40.7 Å². The summed E-state index contributed by atoms with van der Waals surface area (Å²) in [5.41, 5.74) is 2.39. The highest BCUT2D eigenvalue weighted by molar-refractivity contribution is 7.10. The van der Waals surface area contributed by atoms with E-state index in [4.69, 9.17) is 4.98 Å². The number of aromatic nitrogens is 1. The van der Waals surface area contributed by atoms with Crippen LogP contribution in [0.3, 0.4) is 0 Å². The Morgan fingerprint density at radius 1 is 1.17 bits per heavy atom. The molecule has 1 aromatic carbocycles. The van der Waals surface area contributed by atoms with Crippen LogP contribution in [0.5, 0.6) is 0 Å². The molecule has 3 rings (SSSR count). The summed E-state index contributed by atoms with van der Waals surface area (Å²) in [6.07, 6.45) is 5.41. The zero-order valence-electron chi connectivity index (χ0n) is 10.8. The smallest absolute Gasteiger partial charge is 0.0963 e. The molecule has 1 saturated carbocycles. The monoisotopic (exact) mass is 257 g/mol. The molecule has 1 aliphatic carbocycles. The van der Waals surface area contributed by atoms with Crippen LogP contribution in [-0.4, -0.2) is 4.98 Å². The maximum absolute atomic E-state index is 4.86. The Hall–Kier alpha value is -1.15. The van der Waals surface area contributed by atoms with Gasteiger partial charge < -0.3 is 0 Å². The summed E-state index contributed by atoms with van der Waals surface area (Å²) in [5.74, 6) is 1.57. The lowest BCUT2D eigenvalue weighted by atomic mass is 9.83. The van der Waals surface area contributed by atoms with E-state index in [0.717, 1.165) is 11.6 Å². The molecule has 1 fully saturated rings. The maximum atomic E-state index is 4.86. The van der Waals surface area contributed by atoms with Crippen molar-refractivity contribution in [1.82, 2.24) is 4.98 Å². The van der Waals surface area contributed by atoms with Gasteiger partial charge in [-0.25, -0.2) is 4.98 Å². The minimum Gasteiger partial charge on any atom is -0.241 e. The summed E-state index contributed by atoms with van der Waals surface area (Å²) in [7, 11) is 0.